The number of carbonyl (C=O) groups excluding carboxylic acids is 3. The third-order valence-electron chi connectivity index (χ3n) is 10.2. The number of fused-ring (bicyclic) bond motifs is 2. The van der Waals surface area contributed by atoms with Crippen LogP contribution in [0.5, 0.6) is 0 Å². The molecule has 47 heavy (non-hydrogen) atoms. The number of likely N-dealkylation sites (tertiary alicyclic amines) is 1. The van der Waals surface area contributed by atoms with Crippen LogP contribution in [0.25, 0.3) is 11.0 Å². The first-order chi connectivity index (χ1) is 22.9. The summed E-state index contributed by atoms with van der Waals surface area (Å²) in [7, 11) is 0. The highest BCUT2D eigenvalue weighted by Crippen LogP contribution is 2.65. The van der Waals surface area contributed by atoms with Gasteiger partial charge in [-0.3, -0.25) is 14.4 Å². The molecule has 3 fully saturated rings. The Labute approximate surface area is 274 Å². The van der Waals surface area contributed by atoms with Crippen molar-refractivity contribution in [1.82, 2.24) is 24.8 Å². The molecule has 2 unspecified atom stereocenters. The summed E-state index contributed by atoms with van der Waals surface area (Å²) in [5.41, 5.74) is -0.108. The molecule has 1 aromatic heterocycles. The average molecular weight is 642 g/mol. The number of aliphatic hydroxyl groups excluding tert-OH is 1. The standard InChI is InChI=1S/C36H43N5O6/c1-4-7-8-14-22-46-34(45)30-29-32(43)41(28(23-42)25-15-10-9-11-16-25)31(36(29)20-19-35(30,6-3)47-36)33(44)39(21-5-2)24-40-27-18-13-12-17-26(27)37-38-40/h4-5,9-13,15-18,28-31,42H,1-2,6-8,14,19-24H2,3H3/t28-,29+,30-,31?,35+,36?/m1/s1. The Balaban J connectivity index is 1.41. The molecule has 2 aromatic carbocycles. The second kappa shape index (κ2) is 13.4. The van der Waals surface area contributed by atoms with Crippen molar-refractivity contribution < 1.29 is 29.0 Å². The molecule has 3 saturated heterocycles. The van der Waals surface area contributed by atoms with Gasteiger partial charge in [-0.1, -0.05) is 66.8 Å². The highest BCUT2D eigenvalue weighted by Gasteiger charge is 2.79. The van der Waals surface area contributed by atoms with Crippen molar-refractivity contribution >= 4 is 28.8 Å². The molecule has 4 heterocycles. The monoisotopic (exact) mass is 641 g/mol. The minimum absolute atomic E-state index is 0.0505. The first-order valence-corrected chi connectivity index (χ1v) is 16.5. The molecular formula is C36H43N5O6. The number of rotatable bonds is 15. The zero-order chi connectivity index (χ0) is 33.2. The Morgan fingerprint density at radius 1 is 1.13 bits per heavy atom. The molecule has 11 nitrogen and oxygen atoms in total. The predicted molar refractivity (Wildman–Crippen MR) is 174 cm³/mol. The third-order valence-corrected chi connectivity index (χ3v) is 10.2. The van der Waals surface area contributed by atoms with Crippen molar-refractivity contribution in [2.45, 2.75) is 75.4 Å². The van der Waals surface area contributed by atoms with Gasteiger partial charge in [0.2, 0.25) is 11.8 Å². The van der Waals surface area contributed by atoms with Gasteiger partial charge in [0.05, 0.1) is 36.3 Å². The van der Waals surface area contributed by atoms with Crippen LogP contribution in [0, 0.1) is 11.8 Å². The van der Waals surface area contributed by atoms with E-state index >= 15 is 4.79 Å². The van der Waals surface area contributed by atoms with Crippen LogP contribution in [0.1, 0.15) is 57.1 Å². The maximum Gasteiger partial charge on any atom is 0.312 e. The highest BCUT2D eigenvalue weighted by molar-refractivity contribution is 5.99. The maximum absolute atomic E-state index is 15.0. The van der Waals surface area contributed by atoms with Crippen LogP contribution in [0.2, 0.25) is 0 Å². The van der Waals surface area contributed by atoms with E-state index in [0.29, 0.717) is 36.8 Å². The van der Waals surface area contributed by atoms with Crippen molar-refractivity contribution in [2.24, 2.45) is 11.8 Å². The molecule has 6 rings (SSSR count). The second-order valence-corrected chi connectivity index (χ2v) is 12.7. The summed E-state index contributed by atoms with van der Waals surface area (Å²) in [6, 6.07) is 14.7. The average Bonchev–Trinajstić information content (AvgIpc) is 3.82. The van der Waals surface area contributed by atoms with Gasteiger partial charge in [-0.05, 0) is 56.2 Å². The van der Waals surface area contributed by atoms with Gasteiger partial charge in [0.15, 0.2) is 0 Å². The number of ether oxygens (including phenoxy) is 2. The summed E-state index contributed by atoms with van der Waals surface area (Å²) in [6.45, 7) is 9.61. The molecule has 11 heteroatoms. The molecule has 3 aromatic rings. The number of nitrogens with zero attached hydrogens (tertiary/aromatic N) is 5. The predicted octanol–water partition coefficient (Wildman–Crippen LogP) is 4.19. The molecule has 2 amide bonds. The summed E-state index contributed by atoms with van der Waals surface area (Å²) < 4.78 is 14.4. The number of esters is 1. The fourth-order valence-electron chi connectivity index (χ4n) is 8.04. The van der Waals surface area contributed by atoms with E-state index in [1.54, 1.807) is 15.7 Å². The van der Waals surface area contributed by atoms with Crippen LogP contribution in [0.3, 0.4) is 0 Å². The van der Waals surface area contributed by atoms with Gasteiger partial charge >= 0.3 is 5.97 Å². The van der Waals surface area contributed by atoms with Crippen molar-refractivity contribution in [2.75, 3.05) is 19.8 Å². The number of allylic oxidation sites excluding steroid dienone is 1. The minimum Gasteiger partial charge on any atom is -0.465 e. The fourth-order valence-corrected chi connectivity index (χ4v) is 8.04. The molecule has 0 saturated carbocycles. The first kappa shape index (κ1) is 32.6. The number of hydrogen-bond acceptors (Lipinski definition) is 8. The van der Waals surface area contributed by atoms with E-state index in [2.05, 4.69) is 23.5 Å². The van der Waals surface area contributed by atoms with Crippen LogP contribution < -0.4 is 0 Å². The van der Waals surface area contributed by atoms with E-state index in [4.69, 9.17) is 9.47 Å². The lowest BCUT2D eigenvalue weighted by Gasteiger charge is -2.39. The van der Waals surface area contributed by atoms with Gasteiger partial charge in [0.25, 0.3) is 0 Å². The molecule has 1 N–H and O–H groups in total. The summed E-state index contributed by atoms with van der Waals surface area (Å²) in [4.78, 5) is 46.8. The zero-order valence-electron chi connectivity index (χ0n) is 26.9. The number of benzene rings is 2. The fraction of sp³-hybridized carbons (Fsp3) is 0.472. The van der Waals surface area contributed by atoms with Crippen LogP contribution in [-0.4, -0.2) is 84.7 Å². The lowest BCUT2D eigenvalue weighted by atomic mass is 9.65. The van der Waals surface area contributed by atoms with Gasteiger partial charge in [-0.2, -0.15) is 0 Å². The minimum atomic E-state index is -1.29. The van der Waals surface area contributed by atoms with E-state index in [-0.39, 0.29) is 31.6 Å². The number of para-hydroxylation sites is 1. The van der Waals surface area contributed by atoms with Crippen molar-refractivity contribution in [3.05, 3.63) is 85.5 Å². The Hall–Kier alpha value is -4.35. The van der Waals surface area contributed by atoms with Crippen LogP contribution in [0.15, 0.2) is 79.9 Å². The van der Waals surface area contributed by atoms with Crippen LogP contribution >= 0.6 is 0 Å². The molecule has 6 atom stereocenters. The summed E-state index contributed by atoms with van der Waals surface area (Å²) in [5, 5.41) is 19.4. The second-order valence-electron chi connectivity index (χ2n) is 12.7. The lowest BCUT2D eigenvalue weighted by molar-refractivity contribution is -0.164. The SMILES string of the molecule is C=CCCCCOC(=O)[C@H]1[C@H]2C(=O)N([C@H](CO)c3ccccc3)C(C(=O)N(CC=C)Cn3nnc4ccccc43)C23CC[C@]1(CC)O3. The molecule has 2 bridgehead atoms. The smallest absolute Gasteiger partial charge is 0.312 e. The number of carbonyl (C=O) groups is 3. The number of unbranched alkanes of at least 4 members (excludes halogenated alkanes) is 2. The summed E-state index contributed by atoms with van der Waals surface area (Å²) in [5.74, 6) is -3.06. The lowest BCUT2D eigenvalue weighted by Crippen LogP contribution is -2.57. The quantitative estimate of drug-likeness (QED) is 0.149. The van der Waals surface area contributed by atoms with Crippen LogP contribution in [0.4, 0.5) is 0 Å². The largest absolute Gasteiger partial charge is 0.465 e. The van der Waals surface area contributed by atoms with Gasteiger partial charge in [0, 0.05) is 6.54 Å². The number of amides is 2. The Morgan fingerprint density at radius 3 is 2.62 bits per heavy atom. The molecule has 0 aliphatic carbocycles. The maximum atomic E-state index is 15.0. The van der Waals surface area contributed by atoms with Crippen LogP contribution in [-0.2, 0) is 30.5 Å². The van der Waals surface area contributed by atoms with Gasteiger partial charge in [-0.15, -0.1) is 18.3 Å². The molecule has 3 aliphatic rings. The molecule has 1 spiro atoms. The third kappa shape index (κ3) is 5.45. The van der Waals surface area contributed by atoms with E-state index in [1.807, 2.05) is 67.6 Å². The molecular weight excluding hydrogens is 598 g/mol. The van der Waals surface area contributed by atoms with Gasteiger partial charge in [-0.25, -0.2) is 4.68 Å². The number of aliphatic hydroxyl groups is 1. The van der Waals surface area contributed by atoms with E-state index in [9.17, 15) is 14.7 Å². The Morgan fingerprint density at radius 2 is 1.89 bits per heavy atom. The molecule has 0 radical (unpaired) electrons. The molecule has 248 valence electrons. The summed E-state index contributed by atoms with van der Waals surface area (Å²) in [6.07, 6.45) is 7.19. The normalized spacial score (nSPS) is 26.7. The van der Waals surface area contributed by atoms with Crippen molar-refractivity contribution in [3.63, 3.8) is 0 Å². The Bertz CT molecular complexity index is 1640. The zero-order valence-corrected chi connectivity index (χ0v) is 26.9. The van der Waals surface area contributed by atoms with Crippen molar-refractivity contribution in [1.29, 1.82) is 0 Å². The highest BCUT2D eigenvalue weighted by atomic mass is 16.6. The number of aromatic nitrogens is 3. The summed E-state index contributed by atoms with van der Waals surface area (Å²) >= 11 is 0. The van der Waals surface area contributed by atoms with Gasteiger partial charge in [0.1, 0.15) is 29.7 Å². The topological polar surface area (TPSA) is 127 Å². The van der Waals surface area contributed by atoms with E-state index in [1.165, 1.54) is 4.90 Å². The molecule has 3 aliphatic heterocycles. The first-order valence-electron chi connectivity index (χ1n) is 16.5. The van der Waals surface area contributed by atoms with Gasteiger partial charge < -0.3 is 24.4 Å². The van der Waals surface area contributed by atoms with E-state index < -0.39 is 47.7 Å². The van der Waals surface area contributed by atoms with Crippen molar-refractivity contribution in [3.8, 4) is 0 Å². The van der Waals surface area contributed by atoms with E-state index in [0.717, 1.165) is 18.4 Å². The number of hydrogen-bond donors (Lipinski definition) is 1. The Kier molecular flexibility index (Phi) is 9.29.